The third-order valence-electron chi connectivity index (χ3n) is 3.83. The third kappa shape index (κ3) is 4.16. The van der Waals surface area contributed by atoms with Gasteiger partial charge in [0.15, 0.2) is 6.61 Å². The van der Waals surface area contributed by atoms with E-state index in [9.17, 15) is 4.79 Å². The van der Waals surface area contributed by atoms with Crippen LogP contribution in [0.15, 0.2) is 24.3 Å². The number of carbonyl (C=O) groups is 1. The van der Waals surface area contributed by atoms with Gasteiger partial charge in [-0.1, -0.05) is 25.8 Å². The number of amides is 1. The number of hydrogen-bond acceptors (Lipinski definition) is 3. The molecule has 1 saturated carbocycles. The highest BCUT2D eigenvalue weighted by Gasteiger charge is 2.23. The Hall–Kier alpha value is -1.71. The van der Waals surface area contributed by atoms with E-state index in [1.165, 1.54) is 19.3 Å². The molecule has 0 aromatic heterocycles. The maximum absolute atomic E-state index is 11.7. The summed E-state index contributed by atoms with van der Waals surface area (Å²) in [6, 6.07) is 7.10. The Bertz CT molecular complexity index is 434. The van der Waals surface area contributed by atoms with Gasteiger partial charge in [0, 0.05) is 18.3 Å². The van der Waals surface area contributed by atoms with Gasteiger partial charge in [-0.2, -0.15) is 0 Å². The fourth-order valence-electron chi connectivity index (χ4n) is 2.57. The highest BCUT2D eigenvalue weighted by atomic mass is 16.5. The molecule has 2 unspecified atom stereocenters. The van der Waals surface area contributed by atoms with Gasteiger partial charge in [-0.25, -0.2) is 0 Å². The van der Waals surface area contributed by atoms with Crippen LogP contribution in [0.2, 0.25) is 0 Å². The fraction of sp³-hybridized carbons (Fsp3) is 0.533. The van der Waals surface area contributed by atoms with Crippen LogP contribution in [-0.2, 0) is 4.79 Å². The average Bonchev–Trinajstić information content (AvgIpc) is 2.80. The van der Waals surface area contributed by atoms with Crippen LogP contribution in [0.4, 0.5) is 5.69 Å². The molecular formula is C15H22N2O2. The first-order chi connectivity index (χ1) is 9.15. The molecule has 0 bridgehead atoms. The van der Waals surface area contributed by atoms with Crippen LogP contribution in [-0.4, -0.2) is 19.1 Å². The van der Waals surface area contributed by atoms with Crippen molar-refractivity contribution in [3.05, 3.63) is 24.3 Å². The molecule has 1 aliphatic rings. The molecule has 0 heterocycles. The number of ether oxygens (including phenoxy) is 1. The zero-order valence-corrected chi connectivity index (χ0v) is 11.4. The lowest BCUT2D eigenvalue weighted by molar-refractivity contribution is -0.123. The Balaban J connectivity index is 1.70. The quantitative estimate of drug-likeness (QED) is 0.800. The van der Waals surface area contributed by atoms with E-state index in [2.05, 4.69) is 12.2 Å². The van der Waals surface area contributed by atoms with Gasteiger partial charge >= 0.3 is 0 Å². The first kappa shape index (κ1) is 13.7. The van der Waals surface area contributed by atoms with Gasteiger partial charge in [-0.15, -0.1) is 0 Å². The standard InChI is InChI=1S/C15H22N2O2/c1-11-4-2-5-12(11)9-17-15(18)10-19-14-7-3-6-13(16)8-14/h3,6-8,11-12H,2,4-5,9-10,16H2,1H3,(H,17,18). The minimum absolute atomic E-state index is 0.0462. The summed E-state index contributed by atoms with van der Waals surface area (Å²) in [7, 11) is 0. The maximum atomic E-state index is 11.7. The molecule has 0 spiro atoms. The molecule has 1 aliphatic carbocycles. The number of benzene rings is 1. The summed E-state index contributed by atoms with van der Waals surface area (Å²) in [5.41, 5.74) is 6.28. The molecule has 2 rings (SSSR count). The molecule has 104 valence electrons. The molecule has 2 atom stereocenters. The second-order valence-electron chi connectivity index (χ2n) is 5.33. The molecule has 1 aromatic carbocycles. The summed E-state index contributed by atoms with van der Waals surface area (Å²) in [6.07, 6.45) is 3.78. The van der Waals surface area contributed by atoms with Crippen molar-refractivity contribution in [3.63, 3.8) is 0 Å². The first-order valence-electron chi connectivity index (χ1n) is 6.90. The monoisotopic (exact) mass is 262 g/mol. The second-order valence-corrected chi connectivity index (χ2v) is 5.33. The van der Waals surface area contributed by atoms with Crippen LogP contribution < -0.4 is 15.8 Å². The summed E-state index contributed by atoms with van der Waals surface area (Å²) < 4.78 is 5.40. The fourth-order valence-corrected chi connectivity index (χ4v) is 2.57. The van der Waals surface area contributed by atoms with Crippen molar-refractivity contribution in [2.75, 3.05) is 18.9 Å². The Kier molecular flexibility index (Phi) is 4.66. The van der Waals surface area contributed by atoms with Crippen molar-refractivity contribution in [1.82, 2.24) is 5.32 Å². The lowest BCUT2D eigenvalue weighted by Crippen LogP contribution is -2.33. The molecule has 0 radical (unpaired) electrons. The first-order valence-corrected chi connectivity index (χ1v) is 6.90. The van der Waals surface area contributed by atoms with Crippen molar-refractivity contribution in [2.24, 2.45) is 11.8 Å². The van der Waals surface area contributed by atoms with Crippen molar-refractivity contribution in [3.8, 4) is 5.75 Å². The highest BCUT2D eigenvalue weighted by Crippen LogP contribution is 2.30. The van der Waals surface area contributed by atoms with Crippen LogP contribution in [0.5, 0.6) is 5.75 Å². The molecule has 4 nitrogen and oxygen atoms in total. The van der Waals surface area contributed by atoms with Crippen molar-refractivity contribution in [1.29, 1.82) is 0 Å². The van der Waals surface area contributed by atoms with Crippen LogP contribution in [0.3, 0.4) is 0 Å². The molecule has 0 aliphatic heterocycles. The van der Waals surface area contributed by atoms with E-state index in [0.717, 1.165) is 12.5 Å². The lowest BCUT2D eigenvalue weighted by atomic mass is 9.98. The van der Waals surface area contributed by atoms with Crippen LogP contribution >= 0.6 is 0 Å². The maximum Gasteiger partial charge on any atom is 0.257 e. The van der Waals surface area contributed by atoms with Gasteiger partial charge in [0.2, 0.25) is 0 Å². The van der Waals surface area contributed by atoms with Gasteiger partial charge in [-0.3, -0.25) is 4.79 Å². The molecule has 1 amide bonds. The smallest absolute Gasteiger partial charge is 0.257 e. The Morgan fingerprint density at radius 3 is 3.00 bits per heavy atom. The second kappa shape index (κ2) is 6.45. The summed E-state index contributed by atoms with van der Waals surface area (Å²) >= 11 is 0. The van der Waals surface area contributed by atoms with E-state index in [-0.39, 0.29) is 12.5 Å². The van der Waals surface area contributed by atoms with Gasteiger partial charge in [0.05, 0.1) is 0 Å². The zero-order chi connectivity index (χ0) is 13.7. The number of carbonyl (C=O) groups excluding carboxylic acids is 1. The van der Waals surface area contributed by atoms with E-state index in [4.69, 9.17) is 10.5 Å². The van der Waals surface area contributed by atoms with Gasteiger partial charge in [-0.05, 0) is 30.4 Å². The zero-order valence-electron chi connectivity index (χ0n) is 11.4. The number of nitrogens with one attached hydrogen (secondary N) is 1. The Morgan fingerprint density at radius 1 is 1.47 bits per heavy atom. The highest BCUT2D eigenvalue weighted by molar-refractivity contribution is 5.77. The van der Waals surface area contributed by atoms with Crippen molar-refractivity contribution >= 4 is 11.6 Å². The van der Waals surface area contributed by atoms with Crippen molar-refractivity contribution in [2.45, 2.75) is 26.2 Å². The number of nitrogens with two attached hydrogens (primary N) is 1. The minimum atomic E-state index is -0.0680. The Morgan fingerprint density at radius 2 is 2.32 bits per heavy atom. The predicted octanol–water partition coefficient (Wildman–Crippen LogP) is 2.20. The topological polar surface area (TPSA) is 64.3 Å². The molecule has 1 aromatic rings. The van der Waals surface area contributed by atoms with Crippen LogP contribution in [0.25, 0.3) is 0 Å². The van der Waals surface area contributed by atoms with Crippen LogP contribution in [0, 0.1) is 11.8 Å². The predicted molar refractivity (Wildman–Crippen MR) is 75.9 cm³/mol. The van der Waals surface area contributed by atoms with E-state index in [1.54, 1.807) is 18.2 Å². The number of nitrogen functional groups attached to an aromatic ring is 1. The molecule has 19 heavy (non-hydrogen) atoms. The van der Waals surface area contributed by atoms with Crippen molar-refractivity contribution < 1.29 is 9.53 Å². The molecule has 3 N–H and O–H groups in total. The number of rotatable bonds is 5. The van der Waals surface area contributed by atoms with E-state index >= 15 is 0 Å². The average molecular weight is 262 g/mol. The van der Waals surface area contributed by atoms with Gasteiger partial charge in [0.1, 0.15) is 5.75 Å². The summed E-state index contributed by atoms with van der Waals surface area (Å²) in [4.78, 5) is 11.7. The normalized spacial score (nSPS) is 22.2. The molecular weight excluding hydrogens is 240 g/mol. The molecule has 1 fully saturated rings. The summed E-state index contributed by atoms with van der Waals surface area (Å²) in [5.74, 6) is 1.90. The van der Waals surface area contributed by atoms with Gasteiger partial charge in [0.25, 0.3) is 5.91 Å². The van der Waals surface area contributed by atoms with Gasteiger partial charge < -0.3 is 15.8 Å². The number of anilines is 1. The van der Waals surface area contributed by atoms with E-state index in [0.29, 0.717) is 17.4 Å². The molecule has 4 heteroatoms. The van der Waals surface area contributed by atoms with Crippen LogP contribution in [0.1, 0.15) is 26.2 Å². The lowest BCUT2D eigenvalue weighted by Gasteiger charge is -2.16. The Labute approximate surface area is 114 Å². The van der Waals surface area contributed by atoms with E-state index < -0.39 is 0 Å². The third-order valence-corrected chi connectivity index (χ3v) is 3.83. The summed E-state index contributed by atoms with van der Waals surface area (Å²) in [5, 5.41) is 2.94. The SMILES string of the molecule is CC1CCCC1CNC(=O)COc1cccc(N)c1. The number of hydrogen-bond donors (Lipinski definition) is 2. The largest absolute Gasteiger partial charge is 0.484 e. The summed E-state index contributed by atoms with van der Waals surface area (Å²) in [6.45, 7) is 3.07. The molecule has 0 saturated heterocycles. The minimum Gasteiger partial charge on any atom is -0.484 e. The van der Waals surface area contributed by atoms with E-state index in [1.807, 2.05) is 6.07 Å².